The quantitative estimate of drug-likeness (QED) is 0.193. The predicted molar refractivity (Wildman–Crippen MR) is 97.6 cm³/mol. The van der Waals surface area contributed by atoms with Crippen molar-refractivity contribution in [1.29, 1.82) is 0 Å². The molecule has 1 unspecified atom stereocenters. The van der Waals surface area contributed by atoms with E-state index < -0.39 is 28.4 Å². The van der Waals surface area contributed by atoms with E-state index in [2.05, 4.69) is 16.0 Å². The van der Waals surface area contributed by atoms with Crippen LogP contribution in [0.15, 0.2) is 0 Å². The third-order valence-corrected chi connectivity index (χ3v) is 4.72. The summed E-state index contributed by atoms with van der Waals surface area (Å²) in [6.07, 6.45) is 10.5. The second-order valence-corrected chi connectivity index (χ2v) is 8.69. The molecule has 0 aliphatic carbocycles. The van der Waals surface area contributed by atoms with Crippen LogP contribution < -0.4 is 0 Å². The van der Waals surface area contributed by atoms with E-state index in [0.717, 1.165) is 19.3 Å². The molecule has 0 bridgehead atoms. The molecule has 0 fully saturated rings. The van der Waals surface area contributed by atoms with Crippen molar-refractivity contribution in [3.8, 4) is 0 Å². The Hall–Kier alpha value is 0.180. The highest BCUT2D eigenvalue weighted by molar-refractivity contribution is 7.46. The smallest absolute Gasteiger partial charge is 0.379 e. The van der Waals surface area contributed by atoms with Gasteiger partial charge in [0, 0.05) is 6.61 Å². The summed E-state index contributed by atoms with van der Waals surface area (Å²) in [4.78, 5) is 34.9. The third-order valence-electron chi connectivity index (χ3n) is 3.66. The van der Waals surface area contributed by atoms with Gasteiger partial charge in [0.25, 0.3) is 0 Å². The maximum atomic E-state index is 10.9. The maximum absolute atomic E-state index is 10.9. The molecule has 0 aliphatic heterocycles. The highest BCUT2D eigenvalue weighted by Crippen LogP contribution is 2.40. The zero-order valence-electron chi connectivity index (χ0n) is 15.5. The van der Waals surface area contributed by atoms with Crippen LogP contribution in [0, 0.1) is 0 Å². The van der Waals surface area contributed by atoms with E-state index in [1.807, 2.05) is 0 Å². The topological polar surface area (TPSA) is 143 Å². The first-order valence-corrected chi connectivity index (χ1v) is 12.2. The molecule has 26 heavy (non-hydrogen) atoms. The first-order valence-electron chi connectivity index (χ1n) is 9.16. The second kappa shape index (κ2) is 15.1. The minimum Gasteiger partial charge on any atom is -0.379 e. The normalized spacial score (nSPS) is 13.9. The summed E-state index contributed by atoms with van der Waals surface area (Å²) < 4.78 is 35.4. The highest BCUT2D eigenvalue weighted by Gasteiger charge is 2.25. The monoisotopic (exact) mass is 420 g/mol. The standard InChI is InChI=1S/C15H34O9P2/c1-2-3-4-5-6-7-8-9-10-11-12-22-13-15(24-26(19,20)21)14-23-25(16,17)18/h15H,2-14H2,1H3,(H2,16,17,18)(H2,19,20,21). The molecular formula is C15H34O9P2. The highest BCUT2D eigenvalue weighted by atomic mass is 31.2. The molecule has 0 aromatic carbocycles. The van der Waals surface area contributed by atoms with Crippen molar-refractivity contribution >= 4 is 15.6 Å². The largest absolute Gasteiger partial charge is 0.470 e. The number of hydrogen-bond acceptors (Lipinski definition) is 5. The lowest BCUT2D eigenvalue weighted by molar-refractivity contribution is 0.00360. The van der Waals surface area contributed by atoms with Crippen LogP contribution in [0.5, 0.6) is 0 Å². The zero-order valence-corrected chi connectivity index (χ0v) is 17.3. The Morgan fingerprint density at radius 1 is 0.731 bits per heavy atom. The van der Waals surface area contributed by atoms with E-state index in [1.165, 1.54) is 44.9 Å². The lowest BCUT2D eigenvalue weighted by Crippen LogP contribution is -2.24. The van der Waals surface area contributed by atoms with Gasteiger partial charge in [-0.1, -0.05) is 64.7 Å². The fraction of sp³-hybridized carbons (Fsp3) is 1.00. The van der Waals surface area contributed by atoms with E-state index in [4.69, 9.17) is 24.3 Å². The van der Waals surface area contributed by atoms with Gasteiger partial charge in [-0.2, -0.15) is 0 Å². The molecule has 0 aromatic rings. The minimum absolute atomic E-state index is 0.220. The van der Waals surface area contributed by atoms with Crippen LogP contribution in [0.1, 0.15) is 71.1 Å². The van der Waals surface area contributed by atoms with Crippen LogP contribution in [0.3, 0.4) is 0 Å². The van der Waals surface area contributed by atoms with Crippen LogP contribution in [-0.4, -0.2) is 45.5 Å². The van der Waals surface area contributed by atoms with E-state index >= 15 is 0 Å². The molecule has 0 radical (unpaired) electrons. The summed E-state index contributed by atoms with van der Waals surface area (Å²) in [5, 5.41) is 0. The predicted octanol–water partition coefficient (Wildman–Crippen LogP) is 3.51. The van der Waals surface area contributed by atoms with E-state index in [1.54, 1.807) is 0 Å². The summed E-state index contributed by atoms with van der Waals surface area (Å²) in [5.41, 5.74) is 0. The van der Waals surface area contributed by atoms with E-state index in [0.29, 0.717) is 6.61 Å². The van der Waals surface area contributed by atoms with Crippen LogP contribution in [-0.2, 0) is 22.9 Å². The van der Waals surface area contributed by atoms with Gasteiger partial charge >= 0.3 is 15.6 Å². The summed E-state index contributed by atoms with van der Waals surface area (Å²) in [6, 6.07) is 0. The molecule has 0 amide bonds. The summed E-state index contributed by atoms with van der Waals surface area (Å²) in [5.74, 6) is 0. The van der Waals surface area contributed by atoms with Crippen molar-refractivity contribution in [1.82, 2.24) is 0 Å². The molecule has 0 aromatic heterocycles. The van der Waals surface area contributed by atoms with Gasteiger partial charge in [-0.3, -0.25) is 9.05 Å². The Morgan fingerprint density at radius 2 is 1.23 bits per heavy atom. The van der Waals surface area contributed by atoms with Crippen molar-refractivity contribution < 1.29 is 42.5 Å². The Balaban J connectivity index is 3.71. The van der Waals surface area contributed by atoms with Crippen LogP contribution in [0.2, 0.25) is 0 Å². The maximum Gasteiger partial charge on any atom is 0.470 e. The van der Waals surface area contributed by atoms with E-state index in [-0.39, 0.29) is 6.61 Å². The zero-order chi connectivity index (χ0) is 19.9. The molecule has 0 heterocycles. The van der Waals surface area contributed by atoms with Crippen LogP contribution in [0.25, 0.3) is 0 Å². The average molecular weight is 420 g/mol. The average Bonchev–Trinajstić information content (AvgIpc) is 2.51. The number of phosphoric acid groups is 2. The lowest BCUT2D eigenvalue weighted by atomic mass is 10.1. The van der Waals surface area contributed by atoms with Crippen molar-refractivity contribution in [3.05, 3.63) is 0 Å². The van der Waals surface area contributed by atoms with Gasteiger partial charge in [0.05, 0.1) is 13.2 Å². The molecular weight excluding hydrogens is 386 g/mol. The number of hydrogen-bond donors (Lipinski definition) is 4. The van der Waals surface area contributed by atoms with Gasteiger partial charge in [0.1, 0.15) is 6.10 Å². The van der Waals surface area contributed by atoms with Gasteiger partial charge in [-0.05, 0) is 6.42 Å². The van der Waals surface area contributed by atoms with Crippen LogP contribution >= 0.6 is 15.6 Å². The summed E-state index contributed by atoms with van der Waals surface area (Å²) >= 11 is 0. The molecule has 0 saturated heterocycles. The van der Waals surface area contributed by atoms with Crippen LogP contribution in [0.4, 0.5) is 0 Å². The van der Waals surface area contributed by atoms with Gasteiger partial charge in [-0.25, -0.2) is 9.13 Å². The third kappa shape index (κ3) is 20.5. The fourth-order valence-corrected chi connectivity index (χ4v) is 3.26. The number of ether oxygens (including phenoxy) is 1. The fourth-order valence-electron chi connectivity index (χ4n) is 2.39. The molecule has 9 nitrogen and oxygen atoms in total. The molecule has 0 spiro atoms. The first-order chi connectivity index (χ1) is 12.1. The van der Waals surface area contributed by atoms with Crippen molar-refractivity contribution in [3.63, 3.8) is 0 Å². The van der Waals surface area contributed by atoms with Gasteiger partial charge in [0.15, 0.2) is 0 Å². The van der Waals surface area contributed by atoms with Crippen molar-refractivity contribution in [2.75, 3.05) is 19.8 Å². The molecule has 0 aliphatic rings. The van der Waals surface area contributed by atoms with Crippen molar-refractivity contribution in [2.45, 2.75) is 77.2 Å². The minimum atomic E-state index is -4.80. The van der Waals surface area contributed by atoms with E-state index in [9.17, 15) is 9.13 Å². The Labute approximate surface area is 155 Å². The summed E-state index contributed by atoms with van der Waals surface area (Å²) in [7, 11) is -9.54. The first kappa shape index (κ1) is 26.2. The Morgan fingerprint density at radius 3 is 1.69 bits per heavy atom. The molecule has 0 rings (SSSR count). The number of rotatable bonds is 18. The molecule has 1 atom stereocenters. The number of unbranched alkanes of at least 4 members (excludes halogenated alkanes) is 9. The Bertz CT molecular complexity index is 421. The number of phosphoric ester groups is 2. The van der Waals surface area contributed by atoms with Gasteiger partial charge in [0.2, 0.25) is 0 Å². The molecule has 4 N–H and O–H groups in total. The van der Waals surface area contributed by atoms with Crippen molar-refractivity contribution in [2.24, 2.45) is 0 Å². The SMILES string of the molecule is CCCCCCCCCCCCOCC(COP(=O)(O)O)OP(=O)(O)O. The summed E-state index contributed by atoms with van der Waals surface area (Å²) in [6.45, 7) is 1.69. The molecule has 158 valence electrons. The molecule has 0 saturated carbocycles. The molecule has 11 heteroatoms. The Kier molecular flexibility index (Phi) is 15.2. The lowest BCUT2D eigenvalue weighted by Gasteiger charge is -2.18. The van der Waals surface area contributed by atoms with Gasteiger partial charge < -0.3 is 24.3 Å². The van der Waals surface area contributed by atoms with Gasteiger partial charge in [-0.15, -0.1) is 0 Å². The second-order valence-electron chi connectivity index (χ2n) is 6.26.